The van der Waals surface area contributed by atoms with Gasteiger partial charge in [-0.15, -0.1) is 0 Å². The lowest BCUT2D eigenvalue weighted by atomic mass is 9.98. The summed E-state index contributed by atoms with van der Waals surface area (Å²) in [6.45, 7) is 3.11. The molecule has 174 valence electrons. The number of pyridine rings is 1. The second-order valence-electron chi connectivity index (χ2n) is 8.45. The fourth-order valence-electron chi connectivity index (χ4n) is 4.59. The van der Waals surface area contributed by atoms with Crippen LogP contribution < -0.4 is 5.32 Å². The van der Waals surface area contributed by atoms with Gasteiger partial charge in [0.05, 0.1) is 17.3 Å². The minimum absolute atomic E-state index is 0.0795. The molecule has 1 unspecified atom stereocenters. The molecule has 1 saturated heterocycles. The number of rotatable bonds is 4. The van der Waals surface area contributed by atoms with Gasteiger partial charge in [0.15, 0.2) is 0 Å². The smallest absolute Gasteiger partial charge is 0.291 e. The summed E-state index contributed by atoms with van der Waals surface area (Å²) in [5.41, 5.74) is 2.40. The Kier molecular flexibility index (Phi) is 5.79. The van der Waals surface area contributed by atoms with Crippen LogP contribution in [0.5, 0.6) is 0 Å². The third kappa shape index (κ3) is 3.92. The van der Waals surface area contributed by atoms with Crippen molar-refractivity contribution in [1.82, 2.24) is 24.8 Å². The van der Waals surface area contributed by atoms with E-state index in [-0.39, 0.29) is 30.2 Å². The Labute approximate surface area is 201 Å². The molecule has 2 aliphatic rings. The van der Waals surface area contributed by atoms with E-state index in [2.05, 4.69) is 20.3 Å². The van der Waals surface area contributed by atoms with Gasteiger partial charge in [0, 0.05) is 55.7 Å². The highest BCUT2D eigenvalue weighted by Crippen LogP contribution is 2.39. The summed E-state index contributed by atoms with van der Waals surface area (Å²) in [6.07, 6.45) is 3.32. The molecule has 0 aliphatic carbocycles. The number of amides is 2. The number of carbonyl (C=O) groups excluding carboxylic acids is 3. The van der Waals surface area contributed by atoms with Crippen LogP contribution >= 0.6 is 11.6 Å². The highest BCUT2D eigenvalue weighted by atomic mass is 35.5. The van der Waals surface area contributed by atoms with Crippen LogP contribution in [-0.4, -0.2) is 74.6 Å². The summed E-state index contributed by atoms with van der Waals surface area (Å²) in [7, 11) is 0. The molecule has 0 bridgehead atoms. The summed E-state index contributed by atoms with van der Waals surface area (Å²) < 4.78 is 0. The van der Waals surface area contributed by atoms with Gasteiger partial charge in [-0.1, -0.05) is 29.8 Å². The van der Waals surface area contributed by atoms with Crippen molar-refractivity contribution in [3.05, 3.63) is 65.2 Å². The molecular weight excluding hydrogens is 456 g/mol. The Morgan fingerprint density at radius 3 is 2.65 bits per heavy atom. The number of Topliss-reactive ketones (excluding diaryl/α,β-unsaturated/α-hetero) is 1. The summed E-state index contributed by atoms with van der Waals surface area (Å²) in [5, 5.41) is 3.42. The molecule has 0 spiro atoms. The van der Waals surface area contributed by atoms with Gasteiger partial charge >= 0.3 is 0 Å². The van der Waals surface area contributed by atoms with Crippen molar-refractivity contribution in [2.24, 2.45) is 0 Å². The Morgan fingerprint density at radius 2 is 1.94 bits per heavy atom. The lowest BCUT2D eigenvalue weighted by molar-refractivity contribution is -0.148. The number of aromatic amines is 1. The first-order valence-electron chi connectivity index (χ1n) is 11.1. The lowest BCUT2D eigenvalue weighted by Gasteiger charge is -2.39. The van der Waals surface area contributed by atoms with Crippen molar-refractivity contribution in [2.75, 3.05) is 31.5 Å². The third-order valence-electron chi connectivity index (χ3n) is 6.31. The summed E-state index contributed by atoms with van der Waals surface area (Å²) >= 11 is 6.24. The van der Waals surface area contributed by atoms with Crippen molar-refractivity contribution in [3.8, 4) is 11.4 Å². The van der Waals surface area contributed by atoms with Crippen LogP contribution in [0.4, 0.5) is 5.69 Å². The van der Waals surface area contributed by atoms with Crippen LogP contribution in [-0.2, 0) is 9.59 Å². The van der Waals surface area contributed by atoms with Crippen LogP contribution in [0.25, 0.3) is 11.4 Å². The summed E-state index contributed by atoms with van der Waals surface area (Å²) in [6, 6.07) is 10.4. The minimum Gasteiger partial charge on any atom is -0.382 e. The molecule has 0 saturated carbocycles. The van der Waals surface area contributed by atoms with Gasteiger partial charge in [-0.05, 0) is 25.1 Å². The van der Waals surface area contributed by atoms with E-state index in [1.165, 1.54) is 0 Å². The van der Waals surface area contributed by atoms with E-state index in [0.29, 0.717) is 41.4 Å². The van der Waals surface area contributed by atoms with Crippen LogP contribution in [0.2, 0.25) is 5.15 Å². The Balaban J connectivity index is 1.32. The van der Waals surface area contributed by atoms with E-state index in [1.54, 1.807) is 40.4 Å². The number of nitrogens with one attached hydrogen (secondary N) is 2. The van der Waals surface area contributed by atoms with Gasteiger partial charge in [0.1, 0.15) is 11.0 Å². The molecular formula is C24H23ClN6O3. The second kappa shape index (κ2) is 8.90. The molecule has 2 amide bonds. The molecule has 1 aromatic carbocycles. The molecule has 34 heavy (non-hydrogen) atoms. The maximum Gasteiger partial charge on any atom is 0.291 e. The molecule has 2 atom stereocenters. The zero-order valence-corrected chi connectivity index (χ0v) is 19.2. The Bertz CT molecular complexity index is 1250. The van der Waals surface area contributed by atoms with E-state index >= 15 is 0 Å². The number of piperazine rings is 1. The number of hydrogen-bond acceptors (Lipinski definition) is 6. The van der Waals surface area contributed by atoms with Gasteiger partial charge in [-0.3, -0.25) is 14.4 Å². The first-order valence-corrected chi connectivity index (χ1v) is 11.4. The Morgan fingerprint density at radius 1 is 1.15 bits per heavy atom. The van der Waals surface area contributed by atoms with Gasteiger partial charge in [0.2, 0.25) is 5.78 Å². The first-order chi connectivity index (χ1) is 16.4. The molecule has 10 heteroatoms. The predicted molar refractivity (Wildman–Crippen MR) is 127 cm³/mol. The Hall–Kier alpha value is -3.72. The summed E-state index contributed by atoms with van der Waals surface area (Å²) in [5.74, 6) is -1.34. The fourth-order valence-corrected chi connectivity index (χ4v) is 4.79. The largest absolute Gasteiger partial charge is 0.382 e. The second-order valence-corrected chi connectivity index (χ2v) is 8.84. The third-order valence-corrected chi connectivity index (χ3v) is 6.50. The van der Waals surface area contributed by atoms with Crippen LogP contribution in [0.3, 0.4) is 0 Å². The molecule has 0 radical (unpaired) electrons. The SMILES string of the molecule is C[C@@H]1CN(C(=O)c2ccccc2)CCN1C(=O)C(=O)C1CNc2c(-c3ncc[nH]3)cc(Cl)nc21. The van der Waals surface area contributed by atoms with Crippen LogP contribution in [0.15, 0.2) is 48.8 Å². The molecule has 2 N–H and O–H groups in total. The minimum atomic E-state index is -0.744. The van der Waals surface area contributed by atoms with Gasteiger partial charge in [-0.25, -0.2) is 9.97 Å². The van der Waals surface area contributed by atoms with Crippen molar-refractivity contribution in [2.45, 2.75) is 18.9 Å². The molecule has 9 nitrogen and oxygen atoms in total. The fraction of sp³-hybridized carbons (Fsp3) is 0.292. The highest BCUT2D eigenvalue weighted by Gasteiger charge is 2.40. The maximum atomic E-state index is 13.3. The van der Waals surface area contributed by atoms with Crippen molar-refractivity contribution >= 4 is 34.9 Å². The number of H-pyrrole nitrogens is 1. The standard InChI is InChI=1S/C24H23ClN6O3/c1-14-13-30(23(33)15-5-3-2-4-6-15)9-10-31(14)24(34)21(32)17-12-28-19-16(22-26-7-8-27-22)11-18(25)29-20(17)19/h2-8,11,14,17,28H,9-10,12-13H2,1H3,(H,26,27)/t14-,17?/m1/s1. The molecule has 1 fully saturated rings. The number of anilines is 1. The number of imidazole rings is 1. The molecule has 5 rings (SSSR count). The quantitative estimate of drug-likeness (QED) is 0.440. The van der Waals surface area contributed by atoms with Gasteiger partial charge in [0.25, 0.3) is 11.8 Å². The first kappa shape index (κ1) is 22.1. The highest BCUT2D eigenvalue weighted by molar-refractivity contribution is 6.38. The predicted octanol–water partition coefficient (Wildman–Crippen LogP) is 2.58. The number of fused-ring (bicyclic) bond motifs is 1. The van der Waals surface area contributed by atoms with E-state index in [0.717, 1.165) is 0 Å². The van der Waals surface area contributed by atoms with Crippen molar-refractivity contribution in [1.29, 1.82) is 0 Å². The number of carbonyl (C=O) groups is 3. The van der Waals surface area contributed by atoms with Crippen molar-refractivity contribution in [3.63, 3.8) is 0 Å². The average molecular weight is 479 g/mol. The van der Waals surface area contributed by atoms with Gasteiger partial charge < -0.3 is 20.1 Å². The zero-order valence-electron chi connectivity index (χ0n) is 18.5. The lowest BCUT2D eigenvalue weighted by Crippen LogP contribution is -2.57. The van der Waals surface area contributed by atoms with Crippen molar-refractivity contribution < 1.29 is 14.4 Å². The molecule has 2 aromatic heterocycles. The number of hydrogen-bond donors (Lipinski definition) is 2. The monoisotopic (exact) mass is 478 g/mol. The summed E-state index contributed by atoms with van der Waals surface area (Å²) in [4.78, 5) is 54.2. The maximum absolute atomic E-state index is 13.3. The van der Waals surface area contributed by atoms with E-state index in [4.69, 9.17) is 11.6 Å². The molecule has 2 aliphatic heterocycles. The number of halogens is 1. The average Bonchev–Trinajstić information content (AvgIpc) is 3.53. The van der Waals surface area contributed by atoms with Crippen LogP contribution in [0, 0.1) is 0 Å². The zero-order chi connectivity index (χ0) is 23.8. The molecule has 3 aromatic rings. The topological polar surface area (TPSA) is 111 Å². The van der Waals surface area contributed by atoms with E-state index in [1.807, 2.05) is 25.1 Å². The van der Waals surface area contributed by atoms with E-state index < -0.39 is 17.6 Å². The number of nitrogens with zero attached hydrogens (tertiary/aromatic N) is 4. The number of ketones is 1. The number of aromatic nitrogens is 3. The van der Waals surface area contributed by atoms with E-state index in [9.17, 15) is 14.4 Å². The van der Waals surface area contributed by atoms with Crippen LogP contribution in [0.1, 0.15) is 28.9 Å². The molecule has 4 heterocycles. The normalized spacial score (nSPS) is 19.5. The number of benzene rings is 1. The van der Waals surface area contributed by atoms with Gasteiger partial charge in [-0.2, -0.15) is 0 Å².